The van der Waals surface area contributed by atoms with E-state index in [0.29, 0.717) is 11.1 Å². The number of amides is 2. The Bertz CT molecular complexity index is 726. The topological polar surface area (TPSA) is 49.4 Å². The number of carbonyl (C=O) groups is 2. The molecule has 126 valence electrons. The molecule has 4 nitrogen and oxygen atoms in total. The minimum Gasteiger partial charge on any atom is -0.267 e. The normalized spacial score (nSPS) is 11.0. The Morgan fingerprint density at radius 2 is 1.42 bits per heavy atom. The molecule has 0 aliphatic carbocycles. The number of benzene rings is 2. The molecule has 0 unspecified atom stereocenters. The molecule has 2 amide bonds. The van der Waals surface area contributed by atoms with Crippen LogP contribution in [-0.4, -0.2) is 22.4 Å². The fourth-order valence-electron chi connectivity index (χ4n) is 2.50. The number of aryl methyl sites for hydroxylation is 2. The predicted molar refractivity (Wildman–Crippen MR) is 95.7 cm³/mol. The summed E-state index contributed by atoms with van der Waals surface area (Å²) in [5.41, 5.74) is 5.32. The molecule has 0 aromatic heterocycles. The number of rotatable bonds is 2. The van der Waals surface area contributed by atoms with Gasteiger partial charge in [0.05, 0.1) is 5.54 Å². The SMILES string of the molecule is Cc1cc(C)cc(C(=O)NN(C(=O)c2ccccc2)C(C)(C)C)c1. The maximum atomic E-state index is 12.8. The number of nitrogens with zero attached hydrogens (tertiary/aromatic N) is 1. The first-order valence-corrected chi connectivity index (χ1v) is 7.97. The lowest BCUT2D eigenvalue weighted by atomic mass is 10.1. The first-order chi connectivity index (χ1) is 11.2. The van der Waals surface area contributed by atoms with Gasteiger partial charge in [0.2, 0.25) is 0 Å². The minimum absolute atomic E-state index is 0.235. The van der Waals surface area contributed by atoms with Crippen molar-refractivity contribution in [3.63, 3.8) is 0 Å². The van der Waals surface area contributed by atoms with Crippen LogP contribution in [0.15, 0.2) is 48.5 Å². The summed E-state index contributed by atoms with van der Waals surface area (Å²) < 4.78 is 0. The van der Waals surface area contributed by atoms with Crippen LogP contribution in [0.5, 0.6) is 0 Å². The number of hydrazine groups is 1. The van der Waals surface area contributed by atoms with E-state index in [1.54, 1.807) is 24.3 Å². The molecular formula is C20H24N2O2. The highest BCUT2D eigenvalue weighted by Gasteiger charge is 2.29. The largest absolute Gasteiger partial charge is 0.272 e. The van der Waals surface area contributed by atoms with E-state index in [1.165, 1.54) is 5.01 Å². The molecule has 0 fully saturated rings. The van der Waals surface area contributed by atoms with Crippen molar-refractivity contribution in [2.45, 2.75) is 40.2 Å². The Kier molecular flexibility index (Phi) is 5.07. The second kappa shape index (κ2) is 6.87. The Morgan fingerprint density at radius 1 is 0.875 bits per heavy atom. The Hall–Kier alpha value is -2.62. The maximum Gasteiger partial charge on any atom is 0.272 e. The summed E-state index contributed by atoms with van der Waals surface area (Å²) in [6, 6.07) is 14.6. The summed E-state index contributed by atoms with van der Waals surface area (Å²) in [6.45, 7) is 9.54. The second-order valence-electron chi connectivity index (χ2n) is 6.99. The van der Waals surface area contributed by atoms with E-state index >= 15 is 0 Å². The average Bonchev–Trinajstić information content (AvgIpc) is 2.50. The summed E-state index contributed by atoms with van der Waals surface area (Å²) in [4.78, 5) is 25.4. The maximum absolute atomic E-state index is 12.8. The van der Waals surface area contributed by atoms with E-state index in [9.17, 15) is 9.59 Å². The Labute approximate surface area is 143 Å². The molecule has 0 radical (unpaired) electrons. The third-order valence-corrected chi connectivity index (χ3v) is 3.59. The summed E-state index contributed by atoms with van der Waals surface area (Å²) in [5.74, 6) is -0.526. The summed E-state index contributed by atoms with van der Waals surface area (Å²) >= 11 is 0. The monoisotopic (exact) mass is 324 g/mol. The van der Waals surface area contributed by atoms with Crippen molar-refractivity contribution in [2.24, 2.45) is 0 Å². The lowest BCUT2D eigenvalue weighted by Gasteiger charge is -2.35. The number of hydrogen-bond acceptors (Lipinski definition) is 2. The first kappa shape index (κ1) is 17.7. The quantitative estimate of drug-likeness (QED) is 0.852. The molecule has 1 N–H and O–H groups in total. The Balaban J connectivity index is 2.30. The molecule has 24 heavy (non-hydrogen) atoms. The Morgan fingerprint density at radius 3 is 1.92 bits per heavy atom. The molecule has 0 saturated heterocycles. The van der Waals surface area contributed by atoms with Crippen LogP contribution in [0.1, 0.15) is 52.6 Å². The van der Waals surface area contributed by atoms with Crippen LogP contribution in [0.2, 0.25) is 0 Å². The van der Waals surface area contributed by atoms with Crippen LogP contribution in [0.25, 0.3) is 0 Å². The van der Waals surface area contributed by atoms with Crippen molar-refractivity contribution >= 4 is 11.8 Å². The fraction of sp³-hybridized carbons (Fsp3) is 0.300. The van der Waals surface area contributed by atoms with Gasteiger partial charge < -0.3 is 0 Å². The molecule has 2 rings (SSSR count). The summed E-state index contributed by atoms with van der Waals surface area (Å²) in [6.07, 6.45) is 0. The standard InChI is InChI=1S/C20H24N2O2/c1-14-11-15(2)13-17(12-14)18(23)21-22(20(3,4)5)19(24)16-9-7-6-8-10-16/h6-13H,1-5H3,(H,21,23). The number of carbonyl (C=O) groups excluding carboxylic acids is 2. The van der Waals surface area contributed by atoms with Crippen molar-refractivity contribution in [3.8, 4) is 0 Å². The number of hydrogen-bond donors (Lipinski definition) is 1. The molecule has 0 spiro atoms. The van der Waals surface area contributed by atoms with Gasteiger partial charge in [-0.3, -0.25) is 15.0 Å². The molecule has 0 bridgehead atoms. The van der Waals surface area contributed by atoms with E-state index in [2.05, 4.69) is 5.43 Å². The van der Waals surface area contributed by atoms with Gasteiger partial charge in [-0.15, -0.1) is 0 Å². The van der Waals surface area contributed by atoms with E-state index in [0.717, 1.165) is 11.1 Å². The van der Waals surface area contributed by atoms with Crippen LogP contribution in [0, 0.1) is 13.8 Å². The zero-order valence-electron chi connectivity index (χ0n) is 14.9. The smallest absolute Gasteiger partial charge is 0.267 e. The van der Waals surface area contributed by atoms with Crippen LogP contribution in [0.4, 0.5) is 0 Å². The summed E-state index contributed by atoms with van der Waals surface area (Å²) in [7, 11) is 0. The van der Waals surface area contributed by atoms with Gasteiger partial charge in [0.25, 0.3) is 11.8 Å². The van der Waals surface area contributed by atoms with Gasteiger partial charge in [0.1, 0.15) is 0 Å². The molecule has 2 aromatic carbocycles. The van der Waals surface area contributed by atoms with Crippen molar-refractivity contribution in [1.82, 2.24) is 10.4 Å². The zero-order valence-corrected chi connectivity index (χ0v) is 14.9. The highest BCUT2D eigenvalue weighted by molar-refractivity contribution is 5.99. The van der Waals surface area contributed by atoms with E-state index in [1.807, 2.05) is 58.9 Å². The van der Waals surface area contributed by atoms with Crippen molar-refractivity contribution in [1.29, 1.82) is 0 Å². The molecule has 0 aliphatic heterocycles. The molecule has 0 saturated carbocycles. The van der Waals surface area contributed by atoms with Gasteiger partial charge in [-0.2, -0.15) is 0 Å². The van der Waals surface area contributed by atoms with Crippen molar-refractivity contribution in [2.75, 3.05) is 0 Å². The fourth-order valence-corrected chi connectivity index (χ4v) is 2.50. The van der Waals surface area contributed by atoms with Crippen LogP contribution in [0.3, 0.4) is 0 Å². The minimum atomic E-state index is -0.554. The predicted octanol–water partition coefficient (Wildman–Crippen LogP) is 3.89. The summed E-state index contributed by atoms with van der Waals surface area (Å²) in [5, 5.41) is 1.39. The van der Waals surface area contributed by atoms with Gasteiger partial charge in [-0.1, -0.05) is 35.4 Å². The van der Waals surface area contributed by atoms with E-state index < -0.39 is 5.54 Å². The average molecular weight is 324 g/mol. The third kappa shape index (κ3) is 4.22. The van der Waals surface area contributed by atoms with Gasteiger partial charge in [0, 0.05) is 11.1 Å². The van der Waals surface area contributed by atoms with Gasteiger partial charge in [-0.05, 0) is 58.9 Å². The van der Waals surface area contributed by atoms with Crippen LogP contribution < -0.4 is 5.43 Å². The number of nitrogens with one attached hydrogen (secondary N) is 1. The zero-order chi connectivity index (χ0) is 17.9. The van der Waals surface area contributed by atoms with Crippen molar-refractivity contribution in [3.05, 3.63) is 70.8 Å². The van der Waals surface area contributed by atoms with Gasteiger partial charge in [0.15, 0.2) is 0 Å². The molecule has 0 atom stereocenters. The molecular weight excluding hydrogens is 300 g/mol. The highest BCUT2D eigenvalue weighted by Crippen LogP contribution is 2.16. The lowest BCUT2D eigenvalue weighted by molar-refractivity contribution is 0.0358. The van der Waals surface area contributed by atoms with Gasteiger partial charge in [-0.25, -0.2) is 5.01 Å². The molecule has 2 aromatic rings. The molecule has 0 heterocycles. The second-order valence-corrected chi connectivity index (χ2v) is 6.99. The van der Waals surface area contributed by atoms with Gasteiger partial charge >= 0.3 is 0 Å². The highest BCUT2D eigenvalue weighted by atomic mass is 16.2. The van der Waals surface area contributed by atoms with E-state index in [-0.39, 0.29) is 11.8 Å². The van der Waals surface area contributed by atoms with Crippen molar-refractivity contribution < 1.29 is 9.59 Å². The van der Waals surface area contributed by atoms with Crippen LogP contribution in [-0.2, 0) is 0 Å². The lowest BCUT2D eigenvalue weighted by Crippen LogP contribution is -2.55. The molecule has 4 heteroatoms. The first-order valence-electron chi connectivity index (χ1n) is 7.97. The van der Waals surface area contributed by atoms with E-state index in [4.69, 9.17) is 0 Å². The third-order valence-electron chi connectivity index (χ3n) is 3.59. The van der Waals surface area contributed by atoms with Crippen LogP contribution >= 0.6 is 0 Å². The molecule has 0 aliphatic rings.